The summed E-state index contributed by atoms with van der Waals surface area (Å²) in [5, 5.41) is 0. The molecule has 1 aromatic heterocycles. The van der Waals surface area contributed by atoms with Crippen LogP contribution in [-0.2, 0) is 5.88 Å². The molecule has 0 unspecified atom stereocenters. The minimum Gasteiger partial charge on any atom is -0.439 e. The number of rotatable bonds is 3. The number of hydrogen-bond donors (Lipinski definition) is 0. The van der Waals surface area contributed by atoms with Crippen LogP contribution < -0.4 is 4.74 Å². The second-order valence-corrected chi connectivity index (χ2v) is 5.80. The predicted molar refractivity (Wildman–Crippen MR) is 80.4 cm³/mol. The Bertz CT molecular complexity index is 575. The van der Waals surface area contributed by atoms with Crippen LogP contribution in [0.5, 0.6) is 11.6 Å². The topological polar surface area (TPSA) is 22.1 Å². The lowest BCUT2D eigenvalue weighted by atomic mass is 10.2. The van der Waals surface area contributed by atoms with Gasteiger partial charge in [-0.05, 0) is 52.7 Å². The van der Waals surface area contributed by atoms with E-state index in [1.165, 1.54) is 0 Å². The van der Waals surface area contributed by atoms with Crippen molar-refractivity contribution in [2.24, 2.45) is 0 Å². The van der Waals surface area contributed by atoms with Gasteiger partial charge in [-0.1, -0.05) is 15.9 Å². The molecule has 1 aromatic carbocycles. The van der Waals surface area contributed by atoms with Gasteiger partial charge in [-0.3, -0.25) is 0 Å². The third kappa shape index (κ3) is 3.25. The Morgan fingerprint density at radius 3 is 2.72 bits per heavy atom. The molecule has 0 amide bonds. The SMILES string of the molecule is Cc1cc(Oc2ncc(Br)cc2CCl)ccc1Br. The van der Waals surface area contributed by atoms with Crippen LogP contribution in [0.2, 0.25) is 0 Å². The molecule has 0 saturated heterocycles. The molecule has 0 radical (unpaired) electrons. The average molecular weight is 391 g/mol. The second-order valence-electron chi connectivity index (χ2n) is 3.76. The number of aryl methyl sites for hydroxylation is 1. The van der Waals surface area contributed by atoms with Crippen molar-refractivity contribution in [2.45, 2.75) is 12.8 Å². The number of nitrogens with zero attached hydrogens (tertiary/aromatic N) is 1. The monoisotopic (exact) mass is 389 g/mol. The van der Waals surface area contributed by atoms with E-state index in [-0.39, 0.29) is 0 Å². The van der Waals surface area contributed by atoms with Gasteiger partial charge in [0.25, 0.3) is 0 Å². The van der Waals surface area contributed by atoms with Gasteiger partial charge in [-0.15, -0.1) is 11.6 Å². The van der Waals surface area contributed by atoms with E-state index in [4.69, 9.17) is 16.3 Å². The van der Waals surface area contributed by atoms with Crippen molar-refractivity contribution in [1.29, 1.82) is 0 Å². The van der Waals surface area contributed by atoms with E-state index in [0.717, 1.165) is 25.8 Å². The molecule has 5 heteroatoms. The summed E-state index contributed by atoms with van der Waals surface area (Å²) < 4.78 is 7.69. The Morgan fingerprint density at radius 2 is 2.06 bits per heavy atom. The smallest absolute Gasteiger partial charge is 0.223 e. The molecule has 0 saturated carbocycles. The summed E-state index contributed by atoms with van der Waals surface area (Å²) in [6.45, 7) is 2.01. The van der Waals surface area contributed by atoms with Gasteiger partial charge in [0.1, 0.15) is 5.75 Å². The molecule has 2 aromatic rings. The highest BCUT2D eigenvalue weighted by molar-refractivity contribution is 9.10. The number of pyridine rings is 1. The number of hydrogen-bond acceptors (Lipinski definition) is 2. The zero-order valence-corrected chi connectivity index (χ0v) is 13.5. The molecule has 0 aliphatic heterocycles. The summed E-state index contributed by atoms with van der Waals surface area (Å²) in [5.74, 6) is 1.64. The number of ether oxygens (including phenoxy) is 1. The van der Waals surface area contributed by atoms with Crippen LogP contribution >= 0.6 is 43.5 Å². The highest BCUT2D eigenvalue weighted by Gasteiger charge is 2.07. The fraction of sp³-hybridized carbons (Fsp3) is 0.154. The van der Waals surface area contributed by atoms with E-state index in [0.29, 0.717) is 11.8 Å². The van der Waals surface area contributed by atoms with Crippen LogP contribution in [0.15, 0.2) is 39.4 Å². The first-order valence-corrected chi connectivity index (χ1v) is 7.36. The summed E-state index contributed by atoms with van der Waals surface area (Å²) in [5.41, 5.74) is 1.96. The number of aromatic nitrogens is 1. The third-order valence-corrected chi connectivity index (χ3v) is 3.99. The quantitative estimate of drug-likeness (QED) is 0.650. The van der Waals surface area contributed by atoms with E-state index >= 15 is 0 Å². The van der Waals surface area contributed by atoms with Crippen LogP contribution in [0.4, 0.5) is 0 Å². The molecular formula is C13H10Br2ClNO. The number of benzene rings is 1. The van der Waals surface area contributed by atoms with Crippen LogP contribution in [0, 0.1) is 6.92 Å². The maximum Gasteiger partial charge on any atom is 0.223 e. The first-order chi connectivity index (χ1) is 8.60. The van der Waals surface area contributed by atoms with Gasteiger partial charge >= 0.3 is 0 Å². The van der Waals surface area contributed by atoms with Crippen molar-refractivity contribution >= 4 is 43.5 Å². The molecule has 2 nitrogen and oxygen atoms in total. The molecule has 18 heavy (non-hydrogen) atoms. The molecule has 0 aliphatic rings. The van der Waals surface area contributed by atoms with Crippen molar-refractivity contribution < 1.29 is 4.74 Å². The van der Waals surface area contributed by atoms with Crippen LogP contribution in [0.3, 0.4) is 0 Å². The largest absolute Gasteiger partial charge is 0.439 e. The van der Waals surface area contributed by atoms with E-state index in [1.54, 1.807) is 6.20 Å². The summed E-state index contributed by atoms with van der Waals surface area (Å²) in [7, 11) is 0. The van der Waals surface area contributed by atoms with Gasteiger partial charge in [-0.25, -0.2) is 4.98 Å². The normalized spacial score (nSPS) is 10.4. The lowest BCUT2D eigenvalue weighted by Gasteiger charge is -2.09. The van der Waals surface area contributed by atoms with Crippen molar-refractivity contribution in [2.75, 3.05) is 0 Å². The maximum absolute atomic E-state index is 5.88. The van der Waals surface area contributed by atoms with E-state index < -0.39 is 0 Å². The molecule has 94 valence electrons. The van der Waals surface area contributed by atoms with Crippen molar-refractivity contribution in [3.8, 4) is 11.6 Å². The average Bonchev–Trinajstić information content (AvgIpc) is 2.36. The first kappa shape index (κ1) is 13.8. The van der Waals surface area contributed by atoms with E-state index in [2.05, 4.69) is 36.8 Å². The Morgan fingerprint density at radius 1 is 1.28 bits per heavy atom. The van der Waals surface area contributed by atoms with Gasteiger partial charge in [0.15, 0.2) is 0 Å². The Balaban J connectivity index is 2.30. The zero-order chi connectivity index (χ0) is 13.1. The Kier molecular flexibility index (Phi) is 4.65. The van der Waals surface area contributed by atoms with Gasteiger partial charge < -0.3 is 4.74 Å². The standard InChI is InChI=1S/C13H10Br2ClNO/c1-8-4-11(2-3-12(8)15)18-13-9(6-16)5-10(14)7-17-13/h2-5,7H,6H2,1H3. The number of halogens is 3. The molecular weight excluding hydrogens is 381 g/mol. The zero-order valence-electron chi connectivity index (χ0n) is 9.58. The van der Waals surface area contributed by atoms with Gasteiger partial charge in [-0.2, -0.15) is 0 Å². The molecule has 0 aliphatic carbocycles. The molecule has 0 bridgehead atoms. The van der Waals surface area contributed by atoms with Crippen LogP contribution in [0.25, 0.3) is 0 Å². The van der Waals surface area contributed by atoms with Crippen molar-refractivity contribution in [3.63, 3.8) is 0 Å². The van der Waals surface area contributed by atoms with Crippen LogP contribution in [0.1, 0.15) is 11.1 Å². The molecule has 0 N–H and O–H groups in total. The Labute approximate surface area is 128 Å². The summed E-state index contributed by atoms with van der Waals surface area (Å²) in [4.78, 5) is 4.23. The summed E-state index contributed by atoms with van der Waals surface area (Å²) >= 11 is 12.7. The Hall–Kier alpha value is -0.580. The van der Waals surface area contributed by atoms with E-state index in [9.17, 15) is 0 Å². The molecule has 1 heterocycles. The molecule has 2 rings (SSSR count). The minimum absolute atomic E-state index is 0.358. The number of alkyl halides is 1. The fourth-order valence-electron chi connectivity index (χ4n) is 1.45. The lowest BCUT2D eigenvalue weighted by Crippen LogP contribution is -1.93. The van der Waals surface area contributed by atoms with Gasteiger partial charge in [0, 0.05) is 20.7 Å². The molecule has 0 atom stereocenters. The highest BCUT2D eigenvalue weighted by Crippen LogP contribution is 2.29. The van der Waals surface area contributed by atoms with Gasteiger partial charge in [0.05, 0.1) is 5.88 Å². The van der Waals surface area contributed by atoms with E-state index in [1.807, 2.05) is 31.2 Å². The fourth-order valence-corrected chi connectivity index (χ4v) is 2.27. The maximum atomic E-state index is 5.88. The minimum atomic E-state index is 0.358. The van der Waals surface area contributed by atoms with Crippen LogP contribution in [-0.4, -0.2) is 4.98 Å². The van der Waals surface area contributed by atoms with Crippen molar-refractivity contribution in [1.82, 2.24) is 4.98 Å². The third-order valence-electron chi connectivity index (χ3n) is 2.38. The summed E-state index contributed by atoms with van der Waals surface area (Å²) in [6.07, 6.45) is 1.69. The second kappa shape index (κ2) is 6.04. The lowest BCUT2D eigenvalue weighted by molar-refractivity contribution is 0.457. The first-order valence-electron chi connectivity index (χ1n) is 5.24. The predicted octanol–water partition coefficient (Wildman–Crippen LogP) is 5.45. The molecule has 0 spiro atoms. The van der Waals surface area contributed by atoms with Gasteiger partial charge in [0.2, 0.25) is 5.88 Å². The summed E-state index contributed by atoms with van der Waals surface area (Å²) in [6, 6.07) is 7.69. The molecule has 0 fully saturated rings. The highest BCUT2D eigenvalue weighted by atomic mass is 79.9. The van der Waals surface area contributed by atoms with Crippen molar-refractivity contribution in [3.05, 3.63) is 50.5 Å².